The summed E-state index contributed by atoms with van der Waals surface area (Å²) in [6.07, 6.45) is 0.301. The number of benzene rings is 1. The van der Waals surface area contributed by atoms with Crippen molar-refractivity contribution in [3.05, 3.63) is 53.9 Å². The van der Waals surface area contributed by atoms with Gasteiger partial charge in [-0.15, -0.1) is 0 Å². The summed E-state index contributed by atoms with van der Waals surface area (Å²) in [5.74, 6) is -1.29. The fourth-order valence-electron chi connectivity index (χ4n) is 2.56. The number of methoxy groups -OCH3 is 2. The maximum Gasteiger partial charge on any atom is 0.490 e. The van der Waals surface area contributed by atoms with Gasteiger partial charge in [-0.05, 0) is 42.7 Å². The summed E-state index contributed by atoms with van der Waals surface area (Å²) < 4.78 is 42.3. The first-order chi connectivity index (χ1) is 14.2. The summed E-state index contributed by atoms with van der Waals surface area (Å²) in [4.78, 5) is 27.6. The van der Waals surface area contributed by atoms with E-state index in [4.69, 9.17) is 19.4 Å². The molecule has 1 fully saturated rings. The number of rotatable bonds is 6. The molecule has 1 N–H and O–H groups in total. The number of pyridine rings is 1. The van der Waals surface area contributed by atoms with Crippen molar-refractivity contribution in [1.82, 2.24) is 9.88 Å². The van der Waals surface area contributed by atoms with Gasteiger partial charge in [0.05, 0.1) is 19.8 Å². The van der Waals surface area contributed by atoms with Crippen molar-refractivity contribution in [2.75, 3.05) is 14.2 Å². The Morgan fingerprint density at radius 1 is 1.17 bits per heavy atom. The van der Waals surface area contributed by atoms with E-state index in [1.807, 2.05) is 23.1 Å². The Labute approximate surface area is 171 Å². The molecule has 0 bridgehead atoms. The molecule has 0 radical (unpaired) electrons. The van der Waals surface area contributed by atoms with Crippen LogP contribution in [0.25, 0.3) is 0 Å². The molecule has 0 aliphatic heterocycles. The van der Waals surface area contributed by atoms with Crippen molar-refractivity contribution in [1.29, 1.82) is 0 Å². The van der Waals surface area contributed by atoms with Gasteiger partial charge in [0.2, 0.25) is 0 Å². The number of ether oxygens (including phenoxy) is 2. The number of alkyl halides is 3. The molecule has 0 atom stereocenters. The second-order valence-electron chi connectivity index (χ2n) is 6.43. The van der Waals surface area contributed by atoms with Crippen LogP contribution in [0.15, 0.2) is 42.7 Å². The summed E-state index contributed by atoms with van der Waals surface area (Å²) in [5, 5.41) is 7.12. The Kier molecular flexibility index (Phi) is 7.62. The summed E-state index contributed by atoms with van der Waals surface area (Å²) in [7, 11) is 3.25. The van der Waals surface area contributed by atoms with Gasteiger partial charge < -0.3 is 19.5 Å². The van der Waals surface area contributed by atoms with Gasteiger partial charge in [-0.2, -0.15) is 13.2 Å². The van der Waals surface area contributed by atoms with E-state index in [1.165, 1.54) is 0 Å². The Morgan fingerprint density at radius 2 is 1.73 bits per heavy atom. The van der Waals surface area contributed by atoms with Crippen LogP contribution < -0.4 is 9.47 Å². The second kappa shape index (κ2) is 9.95. The standard InChI is InChI=1S/C18H20N2O3.C2HF3O2/c1-22-16-8-13(9-17(10-16)23-2)12-20(15-5-6-15)18(21)14-4-3-7-19-11-14;3-2(4,5)1(6)7/h3-4,7-11,15H,5-6,12H2,1-2H3;(H,6,7). The lowest BCUT2D eigenvalue weighted by Crippen LogP contribution is -2.32. The Bertz CT molecular complexity index is 848. The molecule has 10 heteroatoms. The molecular weight excluding hydrogens is 405 g/mol. The highest BCUT2D eigenvalue weighted by atomic mass is 19.4. The van der Waals surface area contributed by atoms with Gasteiger partial charge in [-0.1, -0.05) is 0 Å². The number of carbonyl (C=O) groups is 2. The van der Waals surface area contributed by atoms with Crippen LogP contribution in [0.5, 0.6) is 11.5 Å². The maximum atomic E-state index is 12.8. The van der Waals surface area contributed by atoms with E-state index in [0.717, 1.165) is 29.9 Å². The minimum Gasteiger partial charge on any atom is -0.497 e. The summed E-state index contributed by atoms with van der Waals surface area (Å²) in [6, 6.07) is 9.60. The predicted molar refractivity (Wildman–Crippen MR) is 100 cm³/mol. The number of halogens is 3. The number of aromatic nitrogens is 1. The quantitative estimate of drug-likeness (QED) is 0.760. The molecule has 0 saturated heterocycles. The molecule has 1 heterocycles. The van der Waals surface area contributed by atoms with E-state index < -0.39 is 12.1 Å². The van der Waals surface area contributed by atoms with Crippen LogP contribution >= 0.6 is 0 Å². The molecule has 162 valence electrons. The van der Waals surface area contributed by atoms with E-state index in [9.17, 15) is 18.0 Å². The van der Waals surface area contributed by atoms with Crippen molar-refractivity contribution in [2.45, 2.75) is 31.6 Å². The van der Waals surface area contributed by atoms with Crippen LogP contribution in [-0.2, 0) is 11.3 Å². The van der Waals surface area contributed by atoms with Gasteiger partial charge in [0.25, 0.3) is 5.91 Å². The van der Waals surface area contributed by atoms with E-state index in [-0.39, 0.29) is 5.91 Å². The lowest BCUT2D eigenvalue weighted by molar-refractivity contribution is -0.192. The third kappa shape index (κ3) is 6.64. The number of amides is 1. The van der Waals surface area contributed by atoms with E-state index in [0.29, 0.717) is 18.2 Å². The molecule has 30 heavy (non-hydrogen) atoms. The number of carboxylic acid groups (broad SMARTS) is 1. The number of carbonyl (C=O) groups excluding carboxylic acids is 1. The average Bonchev–Trinajstić information content (AvgIpc) is 3.56. The number of carboxylic acids is 1. The minimum atomic E-state index is -5.08. The SMILES string of the molecule is COc1cc(CN(C(=O)c2cccnc2)C2CC2)cc(OC)c1.O=C(O)C(F)(F)F. The van der Waals surface area contributed by atoms with Crippen LogP contribution in [0, 0.1) is 0 Å². The molecule has 1 aromatic heterocycles. The molecule has 1 aromatic carbocycles. The minimum absolute atomic E-state index is 0.0161. The highest BCUT2D eigenvalue weighted by Crippen LogP contribution is 2.31. The van der Waals surface area contributed by atoms with Crippen molar-refractivity contribution in [3.8, 4) is 11.5 Å². The van der Waals surface area contributed by atoms with E-state index in [2.05, 4.69) is 4.98 Å². The molecule has 7 nitrogen and oxygen atoms in total. The first-order valence-electron chi connectivity index (χ1n) is 8.88. The van der Waals surface area contributed by atoms with Crippen molar-refractivity contribution < 1.29 is 37.3 Å². The van der Waals surface area contributed by atoms with Gasteiger partial charge in [-0.25, -0.2) is 4.79 Å². The zero-order chi connectivity index (χ0) is 22.3. The largest absolute Gasteiger partial charge is 0.497 e. The molecule has 1 aliphatic carbocycles. The van der Waals surface area contributed by atoms with Crippen LogP contribution in [0.1, 0.15) is 28.8 Å². The Balaban J connectivity index is 0.000000396. The van der Waals surface area contributed by atoms with Gasteiger partial charge in [0.15, 0.2) is 0 Å². The molecule has 2 aromatic rings. The normalized spacial score (nSPS) is 13.0. The maximum absolute atomic E-state index is 12.8. The zero-order valence-corrected chi connectivity index (χ0v) is 16.3. The molecule has 1 saturated carbocycles. The molecular formula is C20H21F3N2O5. The van der Waals surface area contributed by atoms with Gasteiger partial charge >= 0.3 is 12.1 Å². The molecule has 1 amide bonds. The number of hydrogen-bond donors (Lipinski definition) is 1. The van der Waals surface area contributed by atoms with E-state index in [1.54, 1.807) is 38.7 Å². The number of nitrogens with zero attached hydrogens (tertiary/aromatic N) is 2. The highest BCUT2D eigenvalue weighted by molar-refractivity contribution is 5.94. The van der Waals surface area contributed by atoms with Crippen LogP contribution in [0.4, 0.5) is 13.2 Å². The van der Waals surface area contributed by atoms with Crippen LogP contribution in [0.3, 0.4) is 0 Å². The van der Waals surface area contributed by atoms with Crippen LogP contribution in [-0.4, -0.2) is 53.3 Å². The third-order valence-corrected chi connectivity index (χ3v) is 4.16. The first-order valence-corrected chi connectivity index (χ1v) is 8.88. The Hall–Kier alpha value is -3.30. The smallest absolute Gasteiger partial charge is 0.490 e. The van der Waals surface area contributed by atoms with Gasteiger partial charge in [0, 0.05) is 31.0 Å². The topological polar surface area (TPSA) is 89.0 Å². The molecule has 1 aliphatic rings. The molecule has 3 rings (SSSR count). The summed E-state index contributed by atoms with van der Waals surface area (Å²) in [6.45, 7) is 0.534. The lowest BCUT2D eigenvalue weighted by atomic mass is 10.1. The monoisotopic (exact) mass is 426 g/mol. The van der Waals surface area contributed by atoms with E-state index >= 15 is 0 Å². The van der Waals surface area contributed by atoms with Gasteiger partial charge in [-0.3, -0.25) is 9.78 Å². The average molecular weight is 426 g/mol. The van der Waals surface area contributed by atoms with Crippen molar-refractivity contribution >= 4 is 11.9 Å². The third-order valence-electron chi connectivity index (χ3n) is 4.16. The zero-order valence-electron chi connectivity index (χ0n) is 16.3. The molecule has 0 spiro atoms. The highest BCUT2D eigenvalue weighted by Gasteiger charge is 2.38. The fraction of sp³-hybridized carbons (Fsp3) is 0.350. The Morgan fingerprint density at radius 3 is 2.13 bits per heavy atom. The van der Waals surface area contributed by atoms with Crippen molar-refractivity contribution in [3.63, 3.8) is 0 Å². The lowest BCUT2D eigenvalue weighted by Gasteiger charge is -2.23. The predicted octanol–water partition coefficient (Wildman–Crippen LogP) is 3.54. The summed E-state index contributed by atoms with van der Waals surface area (Å²) >= 11 is 0. The van der Waals surface area contributed by atoms with Crippen LogP contribution in [0.2, 0.25) is 0 Å². The first kappa shape index (κ1) is 23.0. The number of hydrogen-bond acceptors (Lipinski definition) is 5. The molecule has 0 unspecified atom stereocenters. The second-order valence-corrected chi connectivity index (χ2v) is 6.43. The fourth-order valence-corrected chi connectivity index (χ4v) is 2.56. The summed E-state index contributed by atoms with van der Waals surface area (Å²) in [5.41, 5.74) is 1.61. The van der Waals surface area contributed by atoms with Gasteiger partial charge in [0.1, 0.15) is 11.5 Å². The number of aliphatic carboxylic acids is 1. The van der Waals surface area contributed by atoms with Crippen molar-refractivity contribution in [2.24, 2.45) is 0 Å².